The van der Waals surface area contributed by atoms with E-state index in [9.17, 15) is 9.59 Å². The number of rotatable bonds is 8. The van der Waals surface area contributed by atoms with Crippen molar-refractivity contribution in [2.24, 2.45) is 0 Å². The van der Waals surface area contributed by atoms with Crippen LogP contribution in [-0.4, -0.2) is 39.6 Å². The van der Waals surface area contributed by atoms with Gasteiger partial charge in [0.2, 0.25) is 5.91 Å². The molecule has 4 rings (SSSR count). The van der Waals surface area contributed by atoms with Gasteiger partial charge in [-0.05, 0) is 55.7 Å². The van der Waals surface area contributed by atoms with Gasteiger partial charge in [0, 0.05) is 24.0 Å². The second-order valence-electron chi connectivity index (χ2n) is 7.70. The number of likely N-dealkylation sites (N-methyl/N-ethyl adjacent to an activating group) is 1. The minimum absolute atomic E-state index is 0.0122. The Morgan fingerprint density at radius 3 is 2.48 bits per heavy atom. The van der Waals surface area contributed by atoms with Gasteiger partial charge in [0.1, 0.15) is 5.69 Å². The number of carbonyl (C=O) groups excluding carboxylic acids is 2. The Balaban J connectivity index is 1.48. The summed E-state index contributed by atoms with van der Waals surface area (Å²) in [5.41, 5.74) is 3.21. The average Bonchev–Trinajstić information content (AvgIpc) is 3.55. The standard InChI is InChI=1S/C24H25ClN4O2/c1-2-28(16-23(30)26-15-17-8-12-19(25)13-9-17)24(31)22-14-21(18-10-11-18)27-29(22)20-6-4-3-5-7-20/h3-9,12-14,18H,2,10-11,15-16H2,1H3,(H,26,30). The topological polar surface area (TPSA) is 67.2 Å². The summed E-state index contributed by atoms with van der Waals surface area (Å²) >= 11 is 5.90. The molecule has 1 heterocycles. The van der Waals surface area contributed by atoms with Crippen LogP contribution < -0.4 is 5.32 Å². The van der Waals surface area contributed by atoms with Crippen molar-refractivity contribution in [2.75, 3.05) is 13.1 Å². The molecule has 0 atom stereocenters. The zero-order valence-electron chi connectivity index (χ0n) is 17.4. The first-order valence-electron chi connectivity index (χ1n) is 10.5. The van der Waals surface area contributed by atoms with Gasteiger partial charge in [-0.2, -0.15) is 5.10 Å². The molecule has 1 aliphatic carbocycles. The van der Waals surface area contributed by atoms with Crippen molar-refractivity contribution in [1.29, 1.82) is 0 Å². The lowest BCUT2D eigenvalue weighted by molar-refractivity contribution is -0.121. The van der Waals surface area contributed by atoms with E-state index in [1.165, 1.54) is 0 Å². The summed E-state index contributed by atoms with van der Waals surface area (Å²) < 4.78 is 1.70. The van der Waals surface area contributed by atoms with Gasteiger partial charge in [0.05, 0.1) is 17.9 Å². The molecule has 0 radical (unpaired) electrons. The summed E-state index contributed by atoms with van der Waals surface area (Å²) in [6.45, 7) is 2.67. The van der Waals surface area contributed by atoms with E-state index >= 15 is 0 Å². The van der Waals surface area contributed by atoms with Crippen LogP contribution in [0, 0.1) is 0 Å². The molecular weight excluding hydrogens is 412 g/mol. The van der Waals surface area contributed by atoms with E-state index < -0.39 is 0 Å². The van der Waals surface area contributed by atoms with E-state index in [0.29, 0.717) is 29.7 Å². The first-order valence-corrected chi connectivity index (χ1v) is 10.9. The Kier molecular flexibility index (Phi) is 6.37. The van der Waals surface area contributed by atoms with Crippen LogP contribution in [0.5, 0.6) is 0 Å². The van der Waals surface area contributed by atoms with Gasteiger partial charge in [-0.1, -0.05) is 41.9 Å². The molecular formula is C24H25ClN4O2. The second-order valence-corrected chi connectivity index (χ2v) is 8.14. The Hall–Kier alpha value is -3.12. The van der Waals surface area contributed by atoms with Crippen LogP contribution in [0.25, 0.3) is 5.69 Å². The molecule has 31 heavy (non-hydrogen) atoms. The lowest BCUT2D eigenvalue weighted by atomic mass is 10.2. The summed E-state index contributed by atoms with van der Waals surface area (Å²) in [4.78, 5) is 27.4. The largest absolute Gasteiger partial charge is 0.350 e. The first kappa shape index (κ1) is 21.1. The molecule has 1 N–H and O–H groups in total. The number of nitrogens with one attached hydrogen (secondary N) is 1. The minimum atomic E-state index is -0.210. The predicted octanol–water partition coefficient (Wildman–Crippen LogP) is 4.18. The van der Waals surface area contributed by atoms with Crippen molar-refractivity contribution in [3.8, 4) is 5.69 Å². The smallest absolute Gasteiger partial charge is 0.273 e. The highest BCUT2D eigenvalue weighted by Crippen LogP contribution is 2.39. The monoisotopic (exact) mass is 436 g/mol. The predicted molar refractivity (Wildman–Crippen MR) is 120 cm³/mol. The minimum Gasteiger partial charge on any atom is -0.350 e. The highest BCUT2D eigenvalue weighted by atomic mass is 35.5. The fourth-order valence-electron chi connectivity index (χ4n) is 3.42. The van der Waals surface area contributed by atoms with Crippen molar-refractivity contribution < 1.29 is 9.59 Å². The molecule has 0 aliphatic heterocycles. The lowest BCUT2D eigenvalue weighted by Crippen LogP contribution is -2.41. The van der Waals surface area contributed by atoms with Crippen molar-refractivity contribution >= 4 is 23.4 Å². The van der Waals surface area contributed by atoms with Gasteiger partial charge in [-0.3, -0.25) is 9.59 Å². The Morgan fingerprint density at radius 2 is 1.84 bits per heavy atom. The summed E-state index contributed by atoms with van der Waals surface area (Å²) in [6, 6.07) is 18.8. The van der Waals surface area contributed by atoms with Gasteiger partial charge in [-0.15, -0.1) is 0 Å². The molecule has 2 amide bonds. The van der Waals surface area contributed by atoms with Crippen LogP contribution in [-0.2, 0) is 11.3 Å². The fraction of sp³-hybridized carbons (Fsp3) is 0.292. The molecule has 1 aromatic heterocycles. The van der Waals surface area contributed by atoms with Crippen LogP contribution in [0.3, 0.4) is 0 Å². The summed E-state index contributed by atoms with van der Waals surface area (Å²) in [5, 5.41) is 8.22. The van der Waals surface area contributed by atoms with Crippen molar-refractivity contribution in [3.05, 3.63) is 82.6 Å². The normalized spacial score (nSPS) is 13.1. The quantitative estimate of drug-likeness (QED) is 0.576. The molecule has 7 heteroatoms. The van der Waals surface area contributed by atoms with Gasteiger partial charge in [0.25, 0.3) is 5.91 Å². The third-order valence-electron chi connectivity index (χ3n) is 5.35. The SMILES string of the molecule is CCN(CC(=O)NCc1ccc(Cl)cc1)C(=O)c1cc(C2CC2)nn1-c1ccccc1. The number of hydrogen-bond acceptors (Lipinski definition) is 3. The van der Waals surface area contributed by atoms with Crippen LogP contribution in [0.2, 0.25) is 5.02 Å². The van der Waals surface area contributed by atoms with Crippen LogP contribution >= 0.6 is 11.6 Å². The van der Waals surface area contributed by atoms with E-state index in [2.05, 4.69) is 5.32 Å². The summed E-state index contributed by atoms with van der Waals surface area (Å²) in [5.74, 6) is 0.0139. The van der Waals surface area contributed by atoms with E-state index in [0.717, 1.165) is 29.8 Å². The molecule has 0 bridgehead atoms. The average molecular weight is 437 g/mol. The maximum absolute atomic E-state index is 13.3. The number of para-hydroxylation sites is 1. The molecule has 160 valence electrons. The van der Waals surface area contributed by atoms with E-state index in [1.807, 2.05) is 55.5 Å². The highest BCUT2D eigenvalue weighted by molar-refractivity contribution is 6.30. The number of nitrogens with zero attached hydrogens (tertiary/aromatic N) is 3. The van der Waals surface area contributed by atoms with E-state index in [4.69, 9.17) is 16.7 Å². The molecule has 3 aromatic rings. The molecule has 1 saturated carbocycles. The van der Waals surface area contributed by atoms with Crippen LogP contribution in [0.1, 0.15) is 47.4 Å². The summed E-state index contributed by atoms with van der Waals surface area (Å²) in [7, 11) is 0. The number of carbonyl (C=O) groups is 2. The molecule has 2 aromatic carbocycles. The van der Waals surface area contributed by atoms with Crippen molar-refractivity contribution in [1.82, 2.24) is 20.0 Å². The van der Waals surface area contributed by atoms with Gasteiger partial charge >= 0.3 is 0 Å². The lowest BCUT2D eigenvalue weighted by Gasteiger charge is -2.21. The molecule has 0 saturated heterocycles. The number of benzene rings is 2. The van der Waals surface area contributed by atoms with Gasteiger partial charge in [-0.25, -0.2) is 4.68 Å². The molecule has 0 spiro atoms. The Labute approximate surface area is 186 Å². The number of amides is 2. The third-order valence-corrected chi connectivity index (χ3v) is 5.60. The zero-order valence-corrected chi connectivity index (χ0v) is 18.2. The van der Waals surface area contributed by atoms with E-state index in [1.54, 1.807) is 21.7 Å². The maximum Gasteiger partial charge on any atom is 0.273 e. The second kappa shape index (κ2) is 9.35. The third kappa shape index (κ3) is 5.14. The van der Waals surface area contributed by atoms with Gasteiger partial charge < -0.3 is 10.2 Å². The molecule has 1 fully saturated rings. The number of hydrogen-bond donors (Lipinski definition) is 1. The highest BCUT2D eigenvalue weighted by Gasteiger charge is 2.30. The van der Waals surface area contributed by atoms with Crippen molar-refractivity contribution in [2.45, 2.75) is 32.2 Å². The number of aromatic nitrogens is 2. The fourth-order valence-corrected chi connectivity index (χ4v) is 3.54. The van der Waals surface area contributed by atoms with Crippen LogP contribution in [0.15, 0.2) is 60.7 Å². The number of halogens is 1. The van der Waals surface area contributed by atoms with E-state index in [-0.39, 0.29) is 18.4 Å². The zero-order chi connectivity index (χ0) is 21.8. The summed E-state index contributed by atoms with van der Waals surface area (Å²) in [6.07, 6.45) is 2.20. The molecule has 6 nitrogen and oxygen atoms in total. The van der Waals surface area contributed by atoms with Crippen LogP contribution in [0.4, 0.5) is 0 Å². The Bertz CT molecular complexity index is 1060. The van der Waals surface area contributed by atoms with Crippen molar-refractivity contribution in [3.63, 3.8) is 0 Å². The molecule has 1 aliphatic rings. The van der Waals surface area contributed by atoms with Gasteiger partial charge in [0.15, 0.2) is 0 Å². The first-order chi connectivity index (χ1) is 15.0. The maximum atomic E-state index is 13.3. The molecule has 0 unspecified atom stereocenters. The Morgan fingerprint density at radius 1 is 1.13 bits per heavy atom.